The van der Waals surface area contributed by atoms with Gasteiger partial charge in [-0.2, -0.15) is 0 Å². The molecule has 11 aromatic rings. The highest BCUT2D eigenvalue weighted by Crippen LogP contribution is 2.45. The zero-order valence-corrected chi connectivity index (χ0v) is 33.8. The van der Waals surface area contributed by atoms with Crippen molar-refractivity contribution < 1.29 is 8.83 Å². The molecule has 0 aliphatic carbocycles. The Hall–Kier alpha value is -7.30. The third kappa shape index (κ3) is 5.59. The molecule has 2 heterocycles. The van der Waals surface area contributed by atoms with Gasteiger partial charge in [0.15, 0.2) is 0 Å². The minimum absolute atomic E-state index is 0.868. The second-order valence-corrected chi connectivity index (χ2v) is 16.0. The van der Waals surface area contributed by atoms with Crippen LogP contribution in [0.15, 0.2) is 173 Å². The van der Waals surface area contributed by atoms with E-state index < -0.39 is 0 Å². The molecule has 0 saturated heterocycles. The van der Waals surface area contributed by atoms with Gasteiger partial charge in [-0.05, 0) is 157 Å². The molecule has 0 amide bonds. The van der Waals surface area contributed by atoms with Crippen LogP contribution in [0, 0.1) is 34.6 Å². The van der Waals surface area contributed by atoms with Gasteiger partial charge >= 0.3 is 0 Å². The van der Waals surface area contributed by atoms with Gasteiger partial charge in [-0.15, -0.1) is 0 Å². The van der Waals surface area contributed by atoms with Gasteiger partial charge in [0.1, 0.15) is 22.3 Å². The molecule has 0 fully saturated rings. The molecule has 9 aromatic carbocycles. The lowest BCUT2D eigenvalue weighted by molar-refractivity contribution is 0.662. The van der Waals surface area contributed by atoms with E-state index in [0.29, 0.717) is 0 Å². The first-order chi connectivity index (χ1) is 28.8. The predicted octanol–water partition coefficient (Wildman–Crippen LogP) is 16.3. The maximum Gasteiger partial charge on any atom is 0.139 e. The van der Waals surface area contributed by atoms with Gasteiger partial charge in [-0.3, -0.25) is 0 Å². The third-order valence-electron chi connectivity index (χ3n) is 12.2. The number of furan rings is 2. The van der Waals surface area contributed by atoms with Gasteiger partial charge in [-0.1, -0.05) is 84.9 Å². The van der Waals surface area contributed by atoms with E-state index in [2.05, 4.69) is 208 Å². The summed E-state index contributed by atoms with van der Waals surface area (Å²) in [6.45, 7) is 10.9. The standard InChI is InChI=1S/C55H42N2O2/c1-33-14-12-15-34(2)53(33)56(42-18-8-6-9-19-42)44-24-22-38-28-46-47-32-51-52(37(5)55(47)59-49(46)30-40(38)26-44)48-29-39-23-25-45(27-41(39)31-50(48)58-51)57(43-20-10-7-11-21-43)54-35(3)16-13-17-36(54)4/h6-32H,1-5H3. The van der Waals surface area contributed by atoms with E-state index in [1.54, 1.807) is 0 Å². The second kappa shape index (κ2) is 13.4. The highest BCUT2D eigenvalue weighted by molar-refractivity contribution is 6.20. The fourth-order valence-corrected chi connectivity index (χ4v) is 9.41. The molecule has 0 bridgehead atoms. The van der Waals surface area contributed by atoms with E-state index in [1.807, 2.05) is 0 Å². The van der Waals surface area contributed by atoms with Crippen LogP contribution in [-0.2, 0) is 0 Å². The number of hydrogen-bond acceptors (Lipinski definition) is 4. The Kier molecular flexibility index (Phi) is 7.92. The Labute approximate surface area is 343 Å². The van der Waals surface area contributed by atoms with E-state index in [9.17, 15) is 0 Å². The number of fused-ring (bicyclic) bond motifs is 8. The van der Waals surface area contributed by atoms with Gasteiger partial charge in [0.25, 0.3) is 0 Å². The van der Waals surface area contributed by atoms with Gasteiger partial charge < -0.3 is 18.6 Å². The summed E-state index contributed by atoms with van der Waals surface area (Å²) in [5, 5.41) is 8.92. The van der Waals surface area contributed by atoms with Crippen LogP contribution in [0.5, 0.6) is 0 Å². The van der Waals surface area contributed by atoms with Crippen molar-refractivity contribution in [3.05, 3.63) is 192 Å². The van der Waals surface area contributed by atoms with Gasteiger partial charge in [-0.25, -0.2) is 0 Å². The Bertz CT molecular complexity index is 3300. The Morgan fingerprint density at radius 3 is 1.32 bits per heavy atom. The number of nitrogens with zero attached hydrogens (tertiary/aromatic N) is 2. The van der Waals surface area contributed by atoms with Crippen molar-refractivity contribution in [2.45, 2.75) is 34.6 Å². The molecule has 0 saturated carbocycles. The van der Waals surface area contributed by atoms with Crippen LogP contribution < -0.4 is 9.80 Å². The molecule has 11 rings (SSSR count). The first kappa shape index (κ1) is 34.9. The topological polar surface area (TPSA) is 32.8 Å². The Morgan fingerprint density at radius 2 is 0.814 bits per heavy atom. The average molecular weight is 763 g/mol. The maximum absolute atomic E-state index is 6.80. The predicted molar refractivity (Wildman–Crippen MR) is 249 cm³/mol. The smallest absolute Gasteiger partial charge is 0.139 e. The quantitative estimate of drug-likeness (QED) is 0.169. The van der Waals surface area contributed by atoms with Crippen molar-refractivity contribution in [2.24, 2.45) is 0 Å². The maximum atomic E-state index is 6.80. The number of hydrogen-bond donors (Lipinski definition) is 0. The van der Waals surface area contributed by atoms with E-state index in [4.69, 9.17) is 8.83 Å². The normalized spacial score (nSPS) is 11.8. The summed E-state index contributed by atoms with van der Waals surface area (Å²) < 4.78 is 13.5. The molecule has 0 unspecified atom stereocenters. The summed E-state index contributed by atoms with van der Waals surface area (Å²) in [6.07, 6.45) is 0. The number of benzene rings is 9. The van der Waals surface area contributed by atoms with E-state index in [-0.39, 0.29) is 0 Å². The van der Waals surface area contributed by atoms with Crippen molar-refractivity contribution in [2.75, 3.05) is 9.80 Å². The zero-order valence-electron chi connectivity index (χ0n) is 33.8. The minimum atomic E-state index is 0.868. The van der Waals surface area contributed by atoms with Gasteiger partial charge in [0, 0.05) is 49.9 Å². The molecule has 284 valence electrons. The van der Waals surface area contributed by atoms with E-state index in [1.165, 1.54) is 33.6 Å². The van der Waals surface area contributed by atoms with Gasteiger partial charge in [0.2, 0.25) is 0 Å². The monoisotopic (exact) mass is 762 g/mol. The highest BCUT2D eigenvalue weighted by atomic mass is 16.3. The zero-order chi connectivity index (χ0) is 39.9. The van der Waals surface area contributed by atoms with Crippen LogP contribution in [0.2, 0.25) is 0 Å². The fourth-order valence-electron chi connectivity index (χ4n) is 9.41. The summed E-state index contributed by atoms with van der Waals surface area (Å²) in [5.74, 6) is 0. The van der Waals surface area contributed by atoms with Crippen molar-refractivity contribution in [1.29, 1.82) is 0 Å². The van der Waals surface area contributed by atoms with Crippen LogP contribution in [0.1, 0.15) is 27.8 Å². The van der Waals surface area contributed by atoms with Crippen molar-refractivity contribution in [1.82, 2.24) is 0 Å². The lowest BCUT2D eigenvalue weighted by atomic mass is 9.99. The molecule has 0 radical (unpaired) electrons. The molecule has 0 N–H and O–H groups in total. The summed E-state index contributed by atoms with van der Waals surface area (Å²) in [7, 11) is 0. The first-order valence-corrected chi connectivity index (χ1v) is 20.3. The summed E-state index contributed by atoms with van der Waals surface area (Å²) in [5.41, 5.74) is 16.4. The molecule has 0 spiro atoms. The van der Waals surface area contributed by atoms with E-state index >= 15 is 0 Å². The van der Waals surface area contributed by atoms with Crippen LogP contribution in [0.4, 0.5) is 34.1 Å². The molecule has 59 heavy (non-hydrogen) atoms. The van der Waals surface area contributed by atoms with Crippen LogP contribution in [0.3, 0.4) is 0 Å². The molecular formula is C55H42N2O2. The number of rotatable bonds is 6. The summed E-state index contributed by atoms with van der Waals surface area (Å²) in [6, 6.07) is 58.9. The molecule has 0 aliphatic heterocycles. The van der Waals surface area contributed by atoms with Crippen LogP contribution in [0.25, 0.3) is 65.4 Å². The van der Waals surface area contributed by atoms with Crippen LogP contribution in [-0.4, -0.2) is 0 Å². The fraction of sp³-hybridized carbons (Fsp3) is 0.0909. The molecule has 2 aromatic heterocycles. The minimum Gasteiger partial charge on any atom is -0.456 e. The largest absolute Gasteiger partial charge is 0.456 e. The molecule has 0 aliphatic rings. The first-order valence-electron chi connectivity index (χ1n) is 20.3. The van der Waals surface area contributed by atoms with Crippen molar-refractivity contribution in [3.8, 4) is 0 Å². The number of para-hydroxylation sites is 4. The third-order valence-corrected chi connectivity index (χ3v) is 12.2. The summed E-state index contributed by atoms with van der Waals surface area (Å²) in [4.78, 5) is 4.73. The van der Waals surface area contributed by atoms with E-state index in [0.717, 1.165) is 93.7 Å². The Morgan fingerprint density at radius 1 is 0.339 bits per heavy atom. The molecule has 4 heteroatoms. The molecular weight excluding hydrogens is 721 g/mol. The van der Waals surface area contributed by atoms with Crippen LogP contribution >= 0.6 is 0 Å². The highest BCUT2D eigenvalue weighted by Gasteiger charge is 2.22. The number of anilines is 6. The van der Waals surface area contributed by atoms with Crippen molar-refractivity contribution in [3.63, 3.8) is 0 Å². The molecule has 4 nitrogen and oxygen atoms in total. The lowest BCUT2D eigenvalue weighted by Crippen LogP contribution is -2.12. The SMILES string of the molecule is Cc1cccc(C)c1N(c1ccccc1)c1ccc2cc3c(cc2c1)oc1c(C)c2c(cc13)oc1cc3cc(N(c4ccccc4)c4c(C)cccc4C)ccc3cc12. The van der Waals surface area contributed by atoms with Crippen molar-refractivity contribution >= 4 is 99.5 Å². The molecule has 0 atom stereocenters. The Balaban J connectivity index is 1.04. The number of aryl methyl sites for hydroxylation is 5. The van der Waals surface area contributed by atoms with Gasteiger partial charge in [0.05, 0.1) is 11.4 Å². The average Bonchev–Trinajstić information content (AvgIpc) is 3.79. The second-order valence-electron chi connectivity index (χ2n) is 16.0. The summed E-state index contributed by atoms with van der Waals surface area (Å²) >= 11 is 0. The lowest BCUT2D eigenvalue weighted by Gasteiger charge is -2.29.